The van der Waals surface area contributed by atoms with Gasteiger partial charge in [0.2, 0.25) is 0 Å². The maximum Gasteiger partial charge on any atom is 0.127 e. The van der Waals surface area contributed by atoms with Crippen molar-refractivity contribution in [2.24, 2.45) is 0 Å². The van der Waals surface area contributed by atoms with E-state index in [2.05, 4.69) is 10.3 Å². The van der Waals surface area contributed by atoms with Gasteiger partial charge in [-0.15, -0.1) is 0 Å². The van der Waals surface area contributed by atoms with Crippen LogP contribution in [-0.4, -0.2) is 17.6 Å². The van der Waals surface area contributed by atoms with Gasteiger partial charge in [-0.3, -0.25) is 4.98 Å². The van der Waals surface area contributed by atoms with Crippen molar-refractivity contribution >= 4 is 0 Å². The Bertz CT molecular complexity index is 313. The Morgan fingerprint density at radius 3 is 3.58 bits per heavy atom. The van der Waals surface area contributed by atoms with E-state index in [9.17, 15) is 0 Å². The summed E-state index contributed by atoms with van der Waals surface area (Å²) in [6.45, 7) is 0.972. The van der Waals surface area contributed by atoms with Crippen LogP contribution >= 0.6 is 0 Å². The number of rotatable bonds is 0. The van der Waals surface area contributed by atoms with Crippen molar-refractivity contribution < 1.29 is 4.74 Å². The van der Waals surface area contributed by atoms with Crippen LogP contribution in [0.4, 0.5) is 0 Å². The van der Waals surface area contributed by atoms with E-state index in [-0.39, 0.29) is 0 Å². The molecule has 3 rings (SSSR count). The SMILES string of the molecule is c1cc2c(cn1)[C@@H]1C[C@@H](CN1)O2. The topological polar surface area (TPSA) is 34.2 Å². The number of nitrogens with one attached hydrogen (secondary N) is 1. The lowest BCUT2D eigenvalue weighted by molar-refractivity contribution is 0.204. The van der Waals surface area contributed by atoms with E-state index >= 15 is 0 Å². The largest absolute Gasteiger partial charge is 0.489 e. The maximum atomic E-state index is 5.72. The van der Waals surface area contributed by atoms with Gasteiger partial charge in [0.05, 0.1) is 0 Å². The summed E-state index contributed by atoms with van der Waals surface area (Å²) in [6.07, 6.45) is 5.15. The fraction of sp³-hybridized carbons (Fsp3) is 0.444. The number of ether oxygens (including phenoxy) is 1. The standard InChI is InChI=1S/C9H10N2O/c1-2-10-5-7-8-3-6(4-11-8)12-9(1)7/h1-2,5-6,8,11H,3-4H2/t6-,8-/m0/s1. The molecule has 1 saturated heterocycles. The third-order valence-electron chi connectivity index (χ3n) is 2.57. The second-order valence-corrected chi connectivity index (χ2v) is 3.35. The van der Waals surface area contributed by atoms with Crippen molar-refractivity contribution in [3.8, 4) is 5.75 Å². The van der Waals surface area contributed by atoms with E-state index in [1.54, 1.807) is 6.20 Å². The molecule has 0 saturated carbocycles. The predicted octanol–water partition coefficient (Wildman–Crippen LogP) is 0.877. The Kier molecular flexibility index (Phi) is 1.18. The summed E-state index contributed by atoms with van der Waals surface area (Å²) in [4.78, 5) is 4.09. The molecule has 0 amide bonds. The summed E-state index contributed by atoms with van der Waals surface area (Å²) in [6, 6.07) is 2.43. The van der Waals surface area contributed by atoms with Crippen LogP contribution in [0.25, 0.3) is 0 Å². The molecular formula is C9H10N2O. The third kappa shape index (κ3) is 0.770. The van der Waals surface area contributed by atoms with Crippen LogP contribution in [0.3, 0.4) is 0 Å². The van der Waals surface area contributed by atoms with Crippen LogP contribution in [-0.2, 0) is 0 Å². The molecule has 1 N–H and O–H groups in total. The van der Waals surface area contributed by atoms with E-state index in [4.69, 9.17) is 4.74 Å². The Labute approximate surface area is 70.8 Å². The molecule has 3 nitrogen and oxygen atoms in total. The molecule has 1 fully saturated rings. The zero-order valence-corrected chi connectivity index (χ0v) is 6.66. The van der Waals surface area contributed by atoms with E-state index in [0.29, 0.717) is 12.1 Å². The van der Waals surface area contributed by atoms with Gasteiger partial charge in [-0.1, -0.05) is 0 Å². The molecule has 0 aromatic carbocycles. The molecule has 62 valence electrons. The minimum absolute atomic E-state index is 0.380. The lowest BCUT2D eigenvalue weighted by Gasteiger charge is -2.22. The maximum absolute atomic E-state index is 5.72. The Balaban J connectivity index is 2.13. The molecule has 3 heteroatoms. The first-order valence-corrected chi connectivity index (χ1v) is 4.27. The third-order valence-corrected chi connectivity index (χ3v) is 2.57. The van der Waals surface area contributed by atoms with Gasteiger partial charge in [-0.2, -0.15) is 0 Å². The first-order chi connectivity index (χ1) is 5.93. The lowest BCUT2D eigenvalue weighted by atomic mass is 10.0. The number of aromatic nitrogens is 1. The van der Waals surface area contributed by atoms with Gasteiger partial charge < -0.3 is 10.1 Å². The molecule has 0 spiro atoms. The first kappa shape index (κ1) is 6.43. The molecule has 0 unspecified atom stereocenters. The zero-order chi connectivity index (χ0) is 7.97. The molecule has 1 aromatic heterocycles. The zero-order valence-electron chi connectivity index (χ0n) is 6.66. The fourth-order valence-corrected chi connectivity index (χ4v) is 1.97. The molecular weight excluding hydrogens is 152 g/mol. The minimum atomic E-state index is 0.380. The molecule has 0 radical (unpaired) electrons. The highest BCUT2D eigenvalue weighted by Crippen LogP contribution is 2.36. The Morgan fingerprint density at radius 1 is 1.58 bits per heavy atom. The quantitative estimate of drug-likeness (QED) is 0.614. The van der Waals surface area contributed by atoms with Gasteiger partial charge >= 0.3 is 0 Å². The highest BCUT2D eigenvalue weighted by Gasteiger charge is 2.33. The smallest absolute Gasteiger partial charge is 0.127 e. The van der Waals surface area contributed by atoms with Crippen molar-refractivity contribution in [3.05, 3.63) is 24.0 Å². The summed E-state index contributed by atoms with van der Waals surface area (Å²) in [5, 5.41) is 3.41. The summed E-state index contributed by atoms with van der Waals surface area (Å²) in [7, 11) is 0. The molecule has 3 heterocycles. The van der Waals surface area contributed by atoms with Crippen LogP contribution in [0.1, 0.15) is 18.0 Å². The summed E-state index contributed by atoms with van der Waals surface area (Å²) < 4.78 is 5.72. The second-order valence-electron chi connectivity index (χ2n) is 3.35. The van der Waals surface area contributed by atoms with E-state index < -0.39 is 0 Å². The molecule has 2 aliphatic rings. The molecule has 1 aromatic rings. The van der Waals surface area contributed by atoms with Gasteiger partial charge in [0.25, 0.3) is 0 Å². The van der Waals surface area contributed by atoms with Gasteiger partial charge in [0, 0.05) is 37.0 Å². The predicted molar refractivity (Wildman–Crippen MR) is 44.0 cm³/mol. The molecule has 12 heavy (non-hydrogen) atoms. The lowest BCUT2D eigenvalue weighted by Crippen LogP contribution is -2.19. The highest BCUT2D eigenvalue weighted by molar-refractivity contribution is 5.36. The molecule has 0 aliphatic carbocycles. The van der Waals surface area contributed by atoms with E-state index in [0.717, 1.165) is 18.7 Å². The second kappa shape index (κ2) is 2.20. The van der Waals surface area contributed by atoms with Crippen LogP contribution in [0.5, 0.6) is 5.75 Å². The Morgan fingerprint density at radius 2 is 2.58 bits per heavy atom. The highest BCUT2D eigenvalue weighted by atomic mass is 16.5. The van der Waals surface area contributed by atoms with Crippen molar-refractivity contribution in [2.75, 3.05) is 6.54 Å². The number of hydrogen-bond donors (Lipinski definition) is 1. The minimum Gasteiger partial charge on any atom is -0.489 e. The molecule has 2 atom stereocenters. The van der Waals surface area contributed by atoms with E-state index in [1.807, 2.05) is 12.3 Å². The number of hydrogen-bond acceptors (Lipinski definition) is 3. The van der Waals surface area contributed by atoms with Gasteiger partial charge in [-0.05, 0) is 6.07 Å². The normalized spacial score (nSPS) is 31.0. The Hall–Kier alpha value is -1.09. The average molecular weight is 162 g/mol. The van der Waals surface area contributed by atoms with Crippen LogP contribution in [0.2, 0.25) is 0 Å². The van der Waals surface area contributed by atoms with Crippen LogP contribution in [0, 0.1) is 0 Å². The number of pyridine rings is 1. The van der Waals surface area contributed by atoms with Crippen LogP contribution in [0.15, 0.2) is 18.5 Å². The number of fused-ring (bicyclic) bond motifs is 4. The first-order valence-electron chi connectivity index (χ1n) is 4.27. The van der Waals surface area contributed by atoms with E-state index in [1.165, 1.54) is 5.56 Å². The average Bonchev–Trinajstić information content (AvgIpc) is 2.49. The van der Waals surface area contributed by atoms with Crippen molar-refractivity contribution in [2.45, 2.75) is 18.6 Å². The van der Waals surface area contributed by atoms with Crippen molar-refractivity contribution in [3.63, 3.8) is 0 Å². The van der Waals surface area contributed by atoms with Crippen molar-refractivity contribution in [1.29, 1.82) is 0 Å². The summed E-state index contributed by atoms with van der Waals surface area (Å²) in [5.74, 6) is 1.01. The van der Waals surface area contributed by atoms with Gasteiger partial charge in [0.15, 0.2) is 0 Å². The van der Waals surface area contributed by atoms with Crippen molar-refractivity contribution in [1.82, 2.24) is 10.3 Å². The number of nitrogens with zero attached hydrogens (tertiary/aromatic N) is 1. The summed E-state index contributed by atoms with van der Waals surface area (Å²) in [5.41, 5.74) is 1.21. The fourth-order valence-electron chi connectivity index (χ4n) is 1.97. The van der Waals surface area contributed by atoms with Gasteiger partial charge in [-0.25, -0.2) is 0 Å². The van der Waals surface area contributed by atoms with Gasteiger partial charge in [0.1, 0.15) is 11.9 Å². The summed E-state index contributed by atoms with van der Waals surface area (Å²) >= 11 is 0. The monoisotopic (exact) mass is 162 g/mol. The molecule has 2 aliphatic heterocycles. The molecule has 2 bridgehead atoms. The van der Waals surface area contributed by atoms with Crippen LogP contribution < -0.4 is 10.1 Å².